The molecule has 4 nitrogen and oxygen atoms in total. The summed E-state index contributed by atoms with van der Waals surface area (Å²) in [7, 11) is 1.54. The minimum Gasteiger partial charge on any atom is -0.496 e. The van der Waals surface area contributed by atoms with Gasteiger partial charge < -0.3 is 4.74 Å². The number of rotatable bonds is 3. The molecular formula is C12H8BrN3O. The smallest absolute Gasteiger partial charge is 0.153 e. The summed E-state index contributed by atoms with van der Waals surface area (Å²) < 4.78 is 5.75. The zero-order valence-electron chi connectivity index (χ0n) is 9.01. The Labute approximate surface area is 108 Å². The average molecular weight is 290 g/mol. The maximum atomic E-state index is 9.03. The van der Waals surface area contributed by atoms with Crippen LogP contribution in [0.15, 0.2) is 22.7 Å². The molecule has 0 radical (unpaired) electrons. The van der Waals surface area contributed by atoms with Crippen molar-refractivity contribution in [1.29, 1.82) is 15.8 Å². The van der Waals surface area contributed by atoms with Crippen LogP contribution in [0.3, 0.4) is 0 Å². The highest BCUT2D eigenvalue weighted by Crippen LogP contribution is 2.31. The second-order valence-corrected chi connectivity index (χ2v) is 4.09. The van der Waals surface area contributed by atoms with Crippen LogP contribution in [0.25, 0.3) is 0 Å². The number of methoxy groups -OCH3 is 1. The molecule has 1 rings (SSSR count). The summed E-state index contributed by atoms with van der Waals surface area (Å²) in [5.74, 6) is -1.09. The van der Waals surface area contributed by atoms with Gasteiger partial charge in [0.1, 0.15) is 11.7 Å². The Balaban J connectivity index is 3.16. The number of hydrogen-bond donors (Lipinski definition) is 0. The molecule has 84 valence electrons. The largest absolute Gasteiger partial charge is 0.496 e. The van der Waals surface area contributed by atoms with E-state index in [1.165, 1.54) is 7.11 Å². The minimum atomic E-state index is -0.972. The van der Waals surface area contributed by atoms with Crippen LogP contribution in [0.4, 0.5) is 0 Å². The van der Waals surface area contributed by atoms with Gasteiger partial charge in [0, 0.05) is 0 Å². The third kappa shape index (κ3) is 2.75. The maximum Gasteiger partial charge on any atom is 0.153 e. The van der Waals surface area contributed by atoms with Crippen molar-refractivity contribution in [3.63, 3.8) is 0 Å². The molecule has 1 aromatic rings. The van der Waals surface area contributed by atoms with E-state index in [0.29, 0.717) is 15.8 Å². The molecule has 17 heavy (non-hydrogen) atoms. The van der Waals surface area contributed by atoms with E-state index in [-0.39, 0.29) is 0 Å². The molecule has 5 heteroatoms. The zero-order chi connectivity index (χ0) is 12.8. The Morgan fingerprint density at radius 1 is 1.18 bits per heavy atom. The van der Waals surface area contributed by atoms with E-state index in [1.54, 1.807) is 18.2 Å². The van der Waals surface area contributed by atoms with Crippen molar-refractivity contribution in [1.82, 2.24) is 0 Å². The van der Waals surface area contributed by atoms with E-state index < -0.39 is 11.8 Å². The van der Waals surface area contributed by atoms with Crippen LogP contribution in [-0.4, -0.2) is 7.11 Å². The number of benzene rings is 1. The van der Waals surface area contributed by atoms with Crippen molar-refractivity contribution in [2.24, 2.45) is 5.92 Å². The van der Waals surface area contributed by atoms with E-state index in [9.17, 15) is 0 Å². The fourth-order valence-electron chi connectivity index (χ4n) is 1.40. The summed E-state index contributed by atoms with van der Waals surface area (Å²) in [6.45, 7) is 0. The van der Waals surface area contributed by atoms with Gasteiger partial charge in [-0.2, -0.15) is 15.8 Å². The lowest BCUT2D eigenvalue weighted by molar-refractivity contribution is 0.412. The summed E-state index contributed by atoms with van der Waals surface area (Å²) in [6.07, 6.45) is 0. The average Bonchev–Trinajstić information content (AvgIpc) is 2.35. The number of nitrogens with zero attached hydrogens (tertiary/aromatic N) is 3. The molecule has 0 amide bonds. The lowest BCUT2D eigenvalue weighted by Gasteiger charge is -2.11. The summed E-state index contributed by atoms with van der Waals surface area (Å²) in [5.41, 5.74) is 0.619. The Bertz CT molecular complexity index is 522. The predicted molar refractivity (Wildman–Crippen MR) is 63.8 cm³/mol. The Morgan fingerprint density at radius 2 is 1.82 bits per heavy atom. The van der Waals surface area contributed by atoms with Crippen molar-refractivity contribution >= 4 is 15.9 Å². The second kappa shape index (κ2) is 5.89. The van der Waals surface area contributed by atoms with E-state index in [0.717, 1.165) is 0 Å². The first-order valence-corrected chi connectivity index (χ1v) is 5.49. The van der Waals surface area contributed by atoms with Gasteiger partial charge in [0.05, 0.1) is 29.8 Å². The van der Waals surface area contributed by atoms with Crippen LogP contribution in [0.2, 0.25) is 0 Å². The van der Waals surface area contributed by atoms with Crippen LogP contribution >= 0.6 is 15.9 Å². The Kier molecular flexibility index (Phi) is 4.52. The molecule has 0 saturated heterocycles. The molecule has 1 aromatic carbocycles. The summed E-state index contributed by atoms with van der Waals surface area (Å²) >= 11 is 3.30. The molecule has 0 bridgehead atoms. The highest BCUT2D eigenvalue weighted by Gasteiger charge is 2.23. The number of ether oxygens (including phenoxy) is 1. The molecule has 0 fully saturated rings. The molecule has 0 aliphatic carbocycles. The number of halogens is 1. The molecule has 0 unspecified atom stereocenters. The SMILES string of the molecule is COc1ccc([C@@H](C#N)C(C#N)C#N)cc1Br. The predicted octanol–water partition coefficient (Wildman–Crippen LogP) is 2.73. The second-order valence-electron chi connectivity index (χ2n) is 3.24. The zero-order valence-corrected chi connectivity index (χ0v) is 10.6. The van der Waals surface area contributed by atoms with Crippen LogP contribution < -0.4 is 4.74 Å². The van der Waals surface area contributed by atoms with Crippen molar-refractivity contribution in [3.05, 3.63) is 28.2 Å². The fourth-order valence-corrected chi connectivity index (χ4v) is 1.95. The van der Waals surface area contributed by atoms with E-state index in [2.05, 4.69) is 15.9 Å². The van der Waals surface area contributed by atoms with Gasteiger partial charge in [-0.15, -0.1) is 0 Å². The lowest BCUT2D eigenvalue weighted by Crippen LogP contribution is -2.07. The van der Waals surface area contributed by atoms with E-state index in [4.69, 9.17) is 20.5 Å². The van der Waals surface area contributed by atoms with Gasteiger partial charge in [0.25, 0.3) is 0 Å². The first-order valence-electron chi connectivity index (χ1n) is 4.70. The third-order valence-electron chi connectivity index (χ3n) is 2.29. The maximum absolute atomic E-state index is 9.03. The van der Waals surface area contributed by atoms with Gasteiger partial charge in [-0.05, 0) is 33.6 Å². The fraction of sp³-hybridized carbons (Fsp3) is 0.250. The Hall–Kier alpha value is -2.03. The molecule has 0 N–H and O–H groups in total. The molecule has 0 aliphatic heterocycles. The van der Waals surface area contributed by atoms with Gasteiger partial charge in [-0.25, -0.2) is 0 Å². The minimum absolute atomic E-state index is 0.619. The highest BCUT2D eigenvalue weighted by atomic mass is 79.9. The standard InChI is InChI=1S/C12H8BrN3O/c1-17-12-3-2-8(4-11(12)13)10(7-16)9(5-14)6-15/h2-4,9-10H,1H3/t10-/m1/s1. The highest BCUT2D eigenvalue weighted by molar-refractivity contribution is 9.10. The molecule has 0 aliphatic rings. The molecule has 0 aromatic heterocycles. The lowest BCUT2D eigenvalue weighted by atomic mass is 9.89. The molecule has 0 spiro atoms. The van der Waals surface area contributed by atoms with Crippen LogP contribution in [-0.2, 0) is 0 Å². The van der Waals surface area contributed by atoms with E-state index >= 15 is 0 Å². The molecule has 1 atom stereocenters. The third-order valence-corrected chi connectivity index (χ3v) is 2.91. The van der Waals surface area contributed by atoms with Crippen molar-refractivity contribution in [3.8, 4) is 24.0 Å². The van der Waals surface area contributed by atoms with Gasteiger partial charge in [0.15, 0.2) is 5.92 Å². The van der Waals surface area contributed by atoms with E-state index in [1.807, 2.05) is 18.2 Å². The van der Waals surface area contributed by atoms with Crippen LogP contribution in [0.5, 0.6) is 5.75 Å². The van der Waals surface area contributed by atoms with Crippen LogP contribution in [0.1, 0.15) is 11.5 Å². The molecular weight excluding hydrogens is 282 g/mol. The number of hydrogen-bond acceptors (Lipinski definition) is 4. The first-order chi connectivity index (χ1) is 8.17. The van der Waals surface area contributed by atoms with Crippen LogP contribution in [0, 0.1) is 39.9 Å². The summed E-state index contributed by atoms with van der Waals surface area (Å²) in [6, 6.07) is 10.7. The normalized spacial score (nSPS) is 11.1. The molecule has 0 heterocycles. The van der Waals surface area contributed by atoms with Crippen molar-refractivity contribution in [2.75, 3.05) is 7.11 Å². The van der Waals surface area contributed by atoms with Crippen molar-refractivity contribution in [2.45, 2.75) is 5.92 Å². The quantitative estimate of drug-likeness (QED) is 0.857. The monoisotopic (exact) mass is 289 g/mol. The molecule has 0 saturated carbocycles. The Morgan fingerprint density at radius 3 is 2.24 bits per heavy atom. The topological polar surface area (TPSA) is 80.6 Å². The van der Waals surface area contributed by atoms with Gasteiger partial charge in [0.2, 0.25) is 0 Å². The summed E-state index contributed by atoms with van der Waals surface area (Å²) in [4.78, 5) is 0. The summed E-state index contributed by atoms with van der Waals surface area (Å²) in [5, 5.41) is 26.6. The van der Waals surface area contributed by atoms with Gasteiger partial charge in [-0.1, -0.05) is 6.07 Å². The van der Waals surface area contributed by atoms with Gasteiger partial charge in [-0.3, -0.25) is 0 Å². The van der Waals surface area contributed by atoms with Crippen molar-refractivity contribution < 1.29 is 4.74 Å². The first kappa shape index (κ1) is 13.0. The van der Waals surface area contributed by atoms with Gasteiger partial charge >= 0.3 is 0 Å². The number of nitriles is 3.